The van der Waals surface area contributed by atoms with Crippen LogP contribution in [0.5, 0.6) is 0 Å². The third-order valence-corrected chi connectivity index (χ3v) is 2.50. The number of carbonyl (C=O) groups excluding carboxylic acids is 2. The Morgan fingerprint density at radius 3 is 2.78 bits per heavy atom. The Morgan fingerprint density at radius 2 is 2.11 bits per heavy atom. The average Bonchev–Trinajstić information content (AvgIpc) is 2.85. The molecule has 0 radical (unpaired) electrons. The van der Waals surface area contributed by atoms with Crippen molar-refractivity contribution in [3.63, 3.8) is 0 Å². The highest BCUT2D eigenvalue weighted by Crippen LogP contribution is 2.14. The molecule has 0 spiro atoms. The van der Waals surface area contributed by atoms with Crippen LogP contribution in [0.1, 0.15) is 23.7 Å². The highest BCUT2D eigenvalue weighted by atomic mass is 16.7. The van der Waals surface area contributed by atoms with E-state index in [2.05, 4.69) is 5.16 Å². The number of nitrogens with zero attached hydrogens (tertiary/aromatic N) is 1. The summed E-state index contributed by atoms with van der Waals surface area (Å²) in [5.74, 6) is -0.526. The van der Waals surface area contributed by atoms with Crippen LogP contribution in [0.25, 0.3) is 0 Å². The molecule has 0 aromatic heterocycles. The van der Waals surface area contributed by atoms with Gasteiger partial charge in [-0.25, -0.2) is 0 Å². The van der Waals surface area contributed by atoms with Crippen LogP contribution >= 0.6 is 0 Å². The molecule has 18 heavy (non-hydrogen) atoms. The molecular weight excluding hydrogens is 234 g/mol. The SMILES string of the molecule is CC(=O)OCC1CC(C(=O)c2ccccc2)=NO1. The normalized spacial score (nSPS) is 17.8. The minimum Gasteiger partial charge on any atom is -0.462 e. The second kappa shape index (κ2) is 5.44. The minimum absolute atomic E-state index is 0.115. The van der Waals surface area contributed by atoms with Crippen molar-refractivity contribution in [3.8, 4) is 0 Å². The van der Waals surface area contributed by atoms with Crippen molar-refractivity contribution in [1.29, 1.82) is 0 Å². The van der Waals surface area contributed by atoms with Crippen molar-refractivity contribution in [1.82, 2.24) is 0 Å². The summed E-state index contributed by atoms with van der Waals surface area (Å²) >= 11 is 0. The van der Waals surface area contributed by atoms with E-state index in [0.29, 0.717) is 17.7 Å². The van der Waals surface area contributed by atoms with E-state index in [1.807, 2.05) is 6.07 Å². The van der Waals surface area contributed by atoms with Crippen LogP contribution in [-0.2, 0) is 14.4 Å². The van der Waals surface area contributed by atoms with Crippen LogP contribution in [0.2, 0.25) is 0 Å². The fourth-order valence-electron chi connectivity index (χ4n) is 1.62. The Balaban J connectivity index is 1.93. The van der Waals surface area contributed by atoms with Crippen LogP contribution in [0, 0.1) is 0 Å². The molecule has 0 N–H and O–H groups in total. The first-order valence-electron chi connectivity index (χ1n) is 5.62. The quantitative estimate of drug-likeness (QED) is 0.598. The Morgan fingerprint density at radius 1 is 1.39 bits per heavy atom. The zero-order chi connectivity index (χ0) is 13.0. The molecule has 0 amide bonds. The van der Waals surface area contributed by atoms with E-state index < -0.39 is 0 Å². The zero-order valence-corrected chi connectivity index (χ0v) is 9.96. The molecule has 2 rings (SSSR count). The number of rotatable bonds is 4. The molecule has 0 bridgehead atoms. The lowest BCUT2D eigenvalue weighted by Crippen LogP contribution is -2.20. The topological polar surface area (TPSA) is 65.0 Å². The number of ether oxygens (including phenoxy) is 1. The van der Waals surface area contributed by atoms with Gasteiger partial charge in [-0.15, -0.1) is 0 Å². The van der Waals surface area contributed by atoms with Crippen molar-refractivity contribution in [2.45, 2.75) is 19.4 Å². The Hall–Kier alpha value is -2.17. The summed E-state index contributed by atoms with van der Waals surface area (Å²) in [6.45, 7) is 1.44. The maximum atomic E-state index is 12.0. The summed E-state index contributed by atoms with van der Waals surface area (Å²) in [5, 5.41) is 3.75. The Kier molecular flexibility index (Phi) is 3.72. The number of ketones is 1. The van der Waals surface area contributed by atoms with Gasteiger partial charge in [0.1, 0.15) is 12.3 Å². The van der Waals surface area contributed by atoms with Crippen molar-refractivity contribution in [3.05, 3.63) is 35.9 Å². The van der Waals surface area contributed by atoms with Crippen molar-refractivity contribution < 1.29 is 19.2 Å². The van der Waals surface area contributed by atoms with E-state index in [1.165, 1.54) is 6.92 Å². The summed E-state index contributed by atoms with van der Waals surface area (Å²) < 4.78 is 4.81. The van der Waals surface area contributed by atoms with Crippen molar-refractivity contribution in [2.75, 3.05) is 6.61 Å². The molecule has 0 saturated carbocycles. The number of esters is 1. The van der Waals surface area contributed by atoms with E-state index >= 15 is 0 Å². The van der Waals surface area contributed by atoms with Crippen LogP contribution in [0.4, 0.5) is 0 Å². The number of benzene rings is 1. The lowest BCUT2D eigenvalue weighted by molar-refractivity contribution is -0.144. The lowest BCUT2D eigenvalue weighted by atomic mass is 10.0. The third kappa shape index (κ3) is 2.94. The van der Waals surface area contributed by atoms with Crippen molar-refractivity contribution in [2.24, 2.45) is 5.16 Å². The molecule has 1 aliphatic rings. The fraction of sp³-hybridized carbons (Fsp3) is 0.308. The lowest BCUT2D eigenvalue weighted by Gasteiger charge is -2.06. The van der Waals surface area contributed by atoms with Crippen molar-refractivity contribution >= 4 is 17.5 Å². The molecule has 5 heteroatoms. The predicted octanol–water partition coefficient (Wildman–Crippen LogP) is 1.58. The number of Topliss-reactive ketones (excluding diaryl/α,β-unsaturated/α-hetero) is 1. The van der Waals surface area contributed by atoms with E-state index in [4.69, 9.17) is 9.57 Å². The van der Waals surface area contributed by atoms with Crippen LogP contribution < -0.4 is 0 Å². The number of oxime groups is 1. The smallest absolute Gasteiger partial charge is 0.302 e. The van der Waals surface area contributed by atoms with E-state index in [-0.39, 0.29) is 24.5 Å². The summed E-state index contributed by atoms with van der Waals surface area (Å²) in [6, 6.07) is 8.88. The standard InChI is InChI=1S/C13H13NO4/c1-9(15)17-8-11-7-12(14-18-11)13(16)10-5-3-2-4-6-10/h2-6,11H,7-8H2,1H3. The number of hydrogen-bond acceptors (Lipinski definition) is 5. The van der Waals surface area contributed by atoms with Gasteiger partial charge in [0.15, 0.2) is 6.10 Å². The second-order valence-corrected chi connectivity index (χ2v) is 3.97. The zero-order valence-electron chi connectivity index (χ0n) is 9.96. The second-order valence-electron chi connectivity index (χ2n) is 3.97. The third-order valence-electron chi connectivity index (χ3n) is 2.50. The highest BCUT2D eigenvalue weighted by Gasteiger charge is 2.27. The molecule has 1 atom stereocenters. The number of carbonyl (C=O) groups is 2. The Labute approximate surface area is 104 Å². The molecule has 1 heterocycles. The Bertz CT molecular complexity index is 481. The van der Waals surface area contributed by atoms with Gasteiger partial charge in [0.25, 0.3) is 0 Å². The summed E-state index contributed by atoms with van der Waals surface area (Å²) in [7, 11) is 0. The fourth-order valence-corrected chi connectivity index (χ4v) is 1.62. The van der Waals surface area contributed by atoms with E-state index in [1.54, 1.807) is 24.3 Å². The predicted molar refractivity (Wildman–Crippen MR) is 64.3 cm³/mol. The summed E-state index contributed by atoms with van der Waals surface area (Å²) in [5.41, 5.74) is 0.936. The van der Waals surface area contributed by atoms with Gasteiger partial charge in [0.2, 0.25) is 5.78 Å². The molecule has 1 aromatic carbocycles. The van der Waals surface area contributed by atoms with Gasteiger partial charge in [-0.05, 0) is 0 Å². The van der Waals surface area contributed by atoms with Crippen LogP contribution in [-0.4, -0.2) is 30.2 Å². The van der Waals surface area contributed by atoms with Gasteiger partial charge in [-0.2, -0.15) is 0 Å². The van der Waals surface area contributed by atoms with Gasteiger partial charge >= 0.3 is 5.97 Å². The molecule has 5 nitrogen and oxygen atoms in total. The molecule has 0 aliphatic carbocycles. The first-order valence-corrected chi connectivity index (χ1v) is 5.62. The first kappa shape index (κ1) is 12.3. The largest absolute Gasteiger partial charge is 0.462 e. The van der Waals surface area contributed by atoms with Gasteiger partial charge < -0.3 is 9.57 Å². The molecule has 0 fully saturated rings. The maximum Gasteiger partial charge on any atom is 0.302 e. The summed E-state index contributed by atoms with van der Waals surface area (Å²) in [4.78, 5) is 27.7. The molecular formula is C13H13NO4. The van der Waals surface area contributed by atoms with E-state index in [9.17, 15) is 9.59 Å². The maximum absolute atomic E-state index is 12.0. The number of hydrogen-bond donors (Lipinski definition) is 0. The van der Waals surface area contributed by atoms with Gasteiger partial charge in [-0.3, -0.25) is 9.59 Å². The first-order chi connectivity index (χ1) is 8.66. The monoisotopic (exact) mass is 247 g/mol. The highest BCUT2D eigenvalue weighted by molar-refractivity contribution is 6.46. The van der Waals surface area contributed by atoms with Crippen LogP contribution in [0.3, 0.4) is 0 Å². The summed E-state index contributed by atoms with van der Waals surface area (Å²) in [6.07, 6.45) is -0.00218. The molecule has 0 saturated heterocycles. The molecule has 1 unspecified atom stereocenters. The average molecular weight is 247 g/mol. The molecule has 94 valence electrons. The van der Waals surface area contributed by atoms with Gasteiger partial charge in [0.05, 0.1) is 0 Å². The minimum atomic E-state index is -0.374. The van der Waals surface area contributed by atoms with E-state index in [0.717, 1.165) is 0 Å². The van der Waals surface area contributed by atoms with Gasteiger partial charge in [0, 0.05) is 18.9 Å². The van der Waals surface area contributed by atoms with Gasteiger partial charge in [-0.1, -0.05) is 35.5 Å². The molecule has 1 aromatic rings. The molecule has 1 aliphatic heterocycles. The van der Waals surface area contributed by atoms with Crippen LogP contribution in [0.15, 0.2) is 35.5 Å².